The molecule has 2 aromatic rings. The number of hydrogen-bond donors (Lipinski definition) is 1. The topological polar surface area (TPSA) is 50.7 Å². The molecule has 0 aliphatic carbocycles. The van der Waals surface area contributed by atoms with E-state index in [4.69, 9.17) is 4.84 Å². The standard InChI is InChI=1S/C17H14BrFN2O2/c1-10-5-6-13(19)15(7-10)20-17(22)16-9-14(21-23-16)11-3-2-4-12(18)8-11/h2-8,16H,9H2,1H3,(H,20,22). The van der Waals surface area contributed by atoms with E-state index < -0.39 is 17.8 Å². The average Bonchev–Trinajstić information content (AvgIpc) is 3.01. The van der Waals surface area contributed by atoms with Gasteiger partial charge < -0.3 is 10.2 Å². The van der Waals surface area contributed by atoms with Crippen LogP contribution in [0.15, 0.2) is 52.1 Å². The Balaban J connectivity index is 1.68. The summed E-state index contributed by atoms with van der Waals surface area (Å²) < 4.78 is 14.6. The molecule has 1 N–H and O–H groups in total. The van der Waals surface area contributed by atoms with E-state index in [1.54, 1.807) is 12.1 Å². The zero-order valence-corrected chi connectivity index (χ0v) is 13.9. The van der Waals surface area contributed by atoms with E-state index in [1.807, 2.05) is 31.2 Å². The number of hydrogen-bond acceptors (Lipinski definition) is 3. The van der Waals surface area contributed by atoms with Gasteiger partial charge >= 0.3 is 0 Å². The molecule has 0 aromatic heterocycles. The van der Waals surface area contributed by atoms with Crippen LogP contribution in [-0.4, -0.2) is 17.7 Å². The zero-order valence-electron chi connectivity index (χ0n) is 12.3. The van der Waals surface area contributed by atoms with Crippen molar-refractivity contribution >= 4 is 33.2 Å². The molecular formula is C17H14BrFN2O2. The van der Waals surface area contributed by atoms with Crippen LogP contribution in [0.1, 0.15) is 17.5 Å². The maximum atomic E-state index is 13.7. The lowest BCUT2D eigenvalue weighted by molar-refractivity contribution is -0.125. The van der Waals surface area contributed by atoms with Crippen LogP contribution in [0.25, 0.3) is 0 Å². The Morgan fingerprint density at radius 1 is 1.35 bits per heavy atom. The number of benzene rings is 2. The van der Waals surface area contributed by atoms with Gasteiger partial charge in [-0.15, -0.1) is 0 Å². The van der Waals surface area contributed by atoms with Gasteiger partial charge in [-0.25, -0.2) is 4.39 Å². The van der Waals surface area contributed by atoms with Gasteiger partial charge in [-0.05, 0) is 36.8 Å². The molecule has 0 fully saturated rings. The monoisotopic (exact) mass is 376 g/mol. The number of anilines is 1. The summed E-state index contributed by atoms with van der Waals surface area (Å²) in [5.74, 6) is -0.890. The molecule has 1 amide bonds. The van der Waals surface area contributed by atoms with Crippen LogP contribution < -0.4 is 5.32 Å². The predicted octanol–water partition coefficient (Wildman–Crippen LogP) is 4.03. The summed E-state index contributed by atoms with van der Waals surface area (Å²) in [6.45, 7) is 1.83. The number of carbonyl (C=O) groups excluding carboxylic acids is 1. The molecule has 23 heavy (non-hydrogen) atoms. The predicted molar refractivity (Wildman–Crippen MR) is 89.9 cm³/mol. The van der Waals surface area contributed by atoms with E-state index in [0.29, 0.717) is 12.1 Å². The van der Waals surface area contributed by atoms with Gasteiger partial charge in [-0.1, -0.05) is 39.3 Å². The first-order valence-electron chi connectivity index (χ1n) is 7.08. The third kappa shape index (κ3) is 3.59. The fourth-order valence-electron chi connectivity index (χ4n) is 2.30. The third-order valence-corrected chi connectivity index (χ3v) is 3.99. The van der Waals surface area contributed by atoms with Gasteiger partial charge in [0.05, 0.1) is 11.4 Å². The zero-order chi connectivity index (χ0) is 16.4. The molecule has 0 saturated carbocycles. The van der Waals surface area contributed by atoms with Crippen LogP contribution in [0.3, 0.4) is 0 Å². The van der Waals surface area contributed by atoms with E-state index in [-0.39, 0.29) is 5.69 Å². The molecule has 2 aromatic carbocycles. The van der Waals surface area contributed by atoms with Crippen LogP contribution >= 0.6 is 15.9 Å². The number of amides is 1. The fraction of sp³-hybridized carbons (Fsp3) is 0.176. The van der Waals surface area contributed by atoms with Crippen molar-refractivity contribution in [1.82, 2.24) is 0 Å². The average molecular weight is 377 g/mol. The Hall–Kier alpha value is -2.21. The van der Waals surface area contributed by atoms with Crippen LogP contribution in [0.2, 0.25) is 0 Å². The molecule has 1 unspecified atom stereocenters. The molecule has 0 bridgehead atoms. The number of nitrogens with zero attached hydrogens (tertiary/aromatic N) is 1. The molecule has 6 heteroatoms. The second-order valence-electron chi connectivity index (χ2n) is 5.32. The SMILES string of the molecule is Cc1ccc(F)c(NC(=O)C2CC(c3cccc(Br)c3)=NO2)c1. The first-order chi connectivity index (χ1) is 11.0. The quantitative estimate of drug-likeness (QED) is 0.878. The van der Waals surface area contributed by atoms with Crippen molar-refractivity contribution in [3.8, 4) is 0 Å². The Kier molecular flexibility index (Phi) is 4.43. The maximum Gasteiger partial charge on any atom is 0.268 e. The van der Waals surface area contributed by atoms with E-state index in [2.05, 4.69) is 26.4 Å². The summed E-state index contributed by atoms with van der Waals surface area (Å²) in [5.41, 5.74) is 2.59. The summed E-state index contributed by atoms with van der Waals surface area (Å²) in [5, 5.41) is 6.53. The van der Waals surface area contributed by atoms with Crippen molar-refractivity contribution in [3.63, 3.8) is 0 Å². The summed E-state index contributed by atoms with van der Waals surface area (Å²) >= 11 is 3.40. The lowest BCUT2D eigenvalue weighted by atomic mass is 10.0. The number of nitrogens with one attached hydrogen (secondary N) is 1. The Bertz CT molecular complexity index is 792. The summed E-state index contributed by atoms with van der Waals surface area (Å²) in [6, 6.07) is 12.1. The minimum atomic E-state index is -0.760. The number of oxime groups is 1. The normalized spacial score (nSPS) is 16.7. The first kappa shape index (κ1) is 15.7. The molecule has 1 aliphatic rings. The van der Waals surface area contributed by atoms with Gasteiger partial charge in [0.2, 0.25) is 6.10 Å². The van der Waals surface area contributed by atoms with Crippen molar-refractivity contribution in [2.24, 2.45) is 5.16 Å². The van der Waals surface area contributed by atoms with Crippen LogP contribution in [0.4, 0.5) is 10.1 Å². The molecule has 118 valence electrons. The number of rotatable bonds is 3. The van der Waals surface area contributed by atoms with Crippen LogP contribution in [0, 0.1) is 12.7 Å². The summed E-state index contributed by atoms with van der Waals surface area (Å²) in [7, 11) is 0. The number of halogens is 2. The lowest BCUT2D eigenvalue weighted by Gasteiger charge is -2.10. The smallest absolute Gasteiger partial charge is 0.268 e. The van der Waals surface area contributed by atoms with E-state index in [0.717, 1.165) is 15.6 Å². The summed E-state index contributed by atoms with van der Waals surface area (Å²) in [4.78, 5) is 17.4. The van der Waals surface area contributed by atoms with Gasteiger partial charge in [0.25, 0.3) is 5.91 Å². The van der Waals surface area contributed by atoms with Crippen LogP contribution in [-0.2, 0) is 9.63 Å². The highest BCUT2D eigenvalue weighted by Crippen LogP contribution is 2.22. The number of carbonyl (C=O) groups is 1. The van der Waals surface area contributed by atoms with Gasteiger partial charge in [0.1, 0.15) is 5.82 Å². The highest BCUT2D eigenvalue weighted by molar-refractivity contribution is 9.10. The lowest BCUT2D eigenvalue weighted by Crippen LogP contribution is -2.28. The van der Waals surface area contributed by atoms with E-state index in [9.17, 15) is 9.18 Å². The first-order valence-corrected chi connectivity index (χ1v) is 7.88. The molecule has 0 radical (unpaired) electrons. The second-order valence-corrected chi connectivity index (χ2v) is 6.23. The Morgan fingerprint density at radius 2 is 2.17 bits per heavy atom. The van der Waals surface area contributed by atoms with E-state index >= 15 is 0 Å². The van der Waals surface area contributed by atoms with Gasteiger partial charge in [-0.3, -0.25) is 4.79 Å². The molecule has 0 spiro atoms. The summed E-state index contributed by atoms with van der Waals surface area (Å²) in [6.07, 6.45) is -0.417. The van der Waals surface area contributed by atoms with Crippen molar-refractivity contribution in [3.05, 3.63) is 63.9 Å². The molecule has 4 nitrogen and oxygen atoms in total. The molecule has 1 heterocycles. The molecule has 1 atom stereocenters. The molecule has 0 saturated heterocycles. The molecule has 1 aliphatic heterocycles. The molecule has 3 rings (SSSR count). The highest BCUT2D eigenvalue weighted by atomic mass is 79.9. The van der Waals surface area contributed by atoms with Crippen molar-refractivity contribution in [1.29, 1.82) is 0 Å². The molecular weight excluding hydrogens is 363 g/mol. The van der Waals surface area contributed by atoms with E-state index in [1.165, 1.54) is 6.07 Å². The third-order valence-electron chi connectivity index (χ3n) is 3.50. The highest BCUT2D eigenvalue weighted by Gasteiger charge is 2.29. The van der Waals surface area contributed by atoms with Crippen molar-refractivity contribution in [2.45, 2.75) is 19.4 Å². The Labute approximate surface area is 141 Å². The minimum Gasteiger partial charge on any atom is -0.382 e. The second kappa shape index (κ2) is 6.50. The van der Waals surface area contributed by atoms with Crippen molar-refractivity contribution in [2.75, 3.05) is 5.32 Å². The van der Waals surface area contributed by atoms with Gasteiger partial charge in [-0.2, -0.15) is 0 Å². The Morgan fingerprint density at radius 3 is 2.96 bits per heavy atom. The number of aryl methyl sites for hydroxylation is 1. The largest absolute Gasteiger partial charge is 0.382 e. The maximum absolute atomic E-state index is 13.7. The van der Waals surface area contributed by atoms with Crippen molar-refractivity contribution < 1.29 is 14.0 Å². The fourth-order valence-corrected chi connectivity index (χ4v) is 2.70. The van der Waals surface area contributed by atoms with Gasteiger partial charge in [0, 0.05) is 16.5 Å². The minimum absolute atomic E-state index is 0.148. The van der Waals surface area contributed by atoms with Crippen LogP contribution in [0.5, 0.6) is 0 Å². The van der Waals surface area contributed by atoms with Gasteiger partial charge in [0.15, 0.2) is 0 Å².